The molecule has 4 heterocycles. The van der Waals surface area contributed by atoms with Gasteiger partial charge in [-0.1, -0.05) is 0 Å². The van der Waals surface area contributed by atoms with Crippen LogP contribution in [0, 0.1) is 0 Å². The van der Waals surface area contributed by atoms with E-state index in [2.05, 4.69) is 35.3 Å². The molecular formula is C14H13N9O. The first kappa shape index (κ1) is 14.1. The van der Waals surface area contributed by atoms with Crippen LogP contribution in [-0.2, 0) is 6.42 Å². The third-order valence-electron chi connectivity index (χ3n) is 3.28. The predicted octanol–water partition coefficient (Wildman–Crippen LogP) is 0.806. The lowest BCUT2D eigenvalue weighted by atomic mass is 10.3. The number of furan rings is 1. The molecule has 24 heavy (non-hydrogen) atoms. The summed E-state index contributed by atoms with van der Waals surface area (Å²) in [6, 6.07) is 5.38. The van der Waals surface area contributed by atoms with E-state index < -0.39 is 0 Å². The van der Waals surface area contributed by atoms with Crippen LogP contribution in [0.15, 0.2) is 41.4 Å². The quantitative estimate of drug-likeness (QED) is 0.547. The van der Waals surface area contributed by atoms with Gasteiger partial charge >= 0.3 is 0 Å². The number of fused-ring (bicyclic) bond motifs is 1. The Morgan fingerprint density at radius 2 is 2.17 bits per heavy atom. The summed E-state index contributed by atoms with van der Waals surface area (Å²) >= 11 is 0. The van der Waals surface area contributed by atoms with Crippen molar-refractivity contribution in [2.75, 3.05) is 17.6 Å². The van der Waals surface area contributed by atoms with E-state index >= 15 is 0 Å². The molecule has 10 nitrogen and oxygen atoms in total. The normalized spacial score (nSPS) is 11.0. The Hall–Kier alpha value is -3.56. The Morgan fingerprint density at radius 3 is 2.96 bits per heavy atom. The molecule has 3 N–H and O–H groups in total. The Bertz CT molecular complexity index is 949. The number of rotatable bonds is 5. The standard InChI is InChI=1S/C14H13N9O/c15-12-20-13(17-6-4-9-3-5-16-8-18-9)21-14-19-11(22-23(12)14)10-2-1-7-24-10/h1-3,5,7-8H,4,6H2,(H3,15,17,19,20,21,22). The third-order valence-corrected chi connectivity index (χ3v) is 3.28. The minimum Gasteiger partial charge on any atom is -0.461 e. The van der Waals surface area contributed by atoms with Gasteiger partial charge in [-0.3, -0.25) is 0 Å². The average molecular weight is 323 g/mol. The van der Waals surface area contributed by atoms with Crippen LogP contribution in [0.4, 0.5) is 11.9 Å². The summed E-state index contributed by atoms with van der Waals surface area (Å²) in [6.45, 7) is 0.603. The lowest BCUT2D eigenvalue weighted by Gasteiger charge is -2.05. The van der Waals surface area contributed by atoms with Crippen LogP contribution in [0.2, 0.25) is 0 Å². The van der Waals surface area contributed by atoms with Crippen LogP contribution in [0.5, 0.6) is 0 Å². The molecule has 0 unspecified atom stereocenters. The molecule has 0 aliphatic rings. The molecule has 0 bridgehead atoms. The minimum atomic E-state index is 0.190. The van der Waals surface area contributed by atoms with Gasteiger partial charge in [-0.2, -0.15) is 19.5 Å². The van der Waals surface area contributed by atoms with E-state index in [1.54, 1.807) is 24.6 Å². The van der Waals surface area contributed by atoms with Crippen LogP contribution in [-0.4, -0.2) is 41.1 Å². The lowest BCUT2D eigenvalue weighted by Crippen LogP contribution is -2.12. The predicted molar refractivity (Wildman–Crippen MR) is 84.9 cm³/mol. The molecule has 0 fully saturated rings. The van der Waals surface area contributed by atoms with Gasteiger partial charge in [-0.05, 0) is 18.2 Å². The van der Waals surface area contributed by atoms with Crippen molar-refractivity contribution in [3.05, 3.63) is 42.7 Å². The molecule has 4 rings (SSSR count). The molecule has 0 amide bonds. The van der Waals surface area contributed by atoms with E-state index in [-0.39, 0.29) is 5.95 Å². The van der Waals surface area contributed by atoms with E-state index in [4.69, 9.17) is 10.2 Å². The van der Waals surface area contributed by atoms with Gasteiger partial charge in [0.05, 0.1) is 6.26 Å². The first-order valence-electron chi connectivity index (χ1n) is 7.22. The zero-order chi connectivity index (χ0) is 16.4. The Morgan fingerprint density at radius 1 is 1.21 bits per heavy atom. The van der Waals surface area contributed by atoms with Crippen LogP contribution in [0.25, 0.3) is 17.4 Å². The van der Waals surface area contributed by atoms with E-state index in [1.807, 2.05) is 6.07 Å². The first-order chi connectivity index (χ1) is 11.8. The number of nitrogens with zero attached hydrogens (tertiary/aromatic N) is 7. The van der Waals surface area contributed by atoms with Gasteiger partial charge in [0.15, 0.2) is 5.76 Å². The summed E-state index contributed by atoms with van der Waals surface area (Å²) in [5.74, 6) is 1.86. The maximum atomic E-state index is 5.92. The highest BCUT2D eigenvalue weighted by Gasteiger charge is 2.13. The number of hydrogen-bond donors (Lipinski definition) is 2. The Kier molecular flexibility index (Phi) is 3.46. The van der Waals surface area contributed by atoms with Crippen molar-refractivity contribution in [1.82, 2.24) is 34.5 Å². The molecule has 0 saturated heterocycles. The highest BCUT2D eigenvalue weighted by Crippen LogP contribution is 2.17. The summed E-state index contributed by atoms with van der Waals surface area (Å²) < 4.78 is 6.65. The molecule has 0 radical (unpaired) electrons. The van der Waals surface area contributed by atoms with Gasteiger partial charge in [0.1, 0.15) is 6.33 Å². The van der Waals surface area contributed by atoms with Crippen LogP contribution < -0.4 is 11.1 Å². The summed E-state index contributed by atoms with van der Waals surface area (Å²) in [5.41, 5.74) is 6.85. The molecule has 0 atom stereocenters. The van der Waals surface area contributed by atoms with Crippen LogP contribution >= 0.6 is 0 Å². The minimum absolute atomic E-state index is 0.190. The lowest BCUT2D eigenvalue weighted by molar-refractivity contribution is 0.577. The van der Waals surface area contributed by atoms with Crippen molar-refractivity contribution in [3.8, 4) is 11.6 Å². The SMILES string of the molecule is Nc1nc(NCCc2ccncn2)nc2nc(-c3ccco3)nn12. The molecule has 0 aliphatic carbocycles. The summed E-state index contributed by atoms with van der Waals surface area (Å²) in [7, 11) is 0. The first-order valence-corrected chi connectivity index (χ1v) is 7.22. The third kappa shape index (κ3) is 2.72. The van der Waals surface area contributed by atoms with Gasteiger partial charge in [0.2, 0.25) is 17.7 Å². The largest absolute Gasteiger partial charge is 0.461 e. The molecule has 0 spiro atoms. The van der Waals surface area contributed by atoms with Gasteiger partial charge in [0.25, 0.3) is 5.78 Å². The zero-order valence-corrected chi connectivity index (χ0v) is 12.5. The molecule has 0 aliphatic heterocycles. The highest BCUT2D eigenvalue weighted by molar-refractivity contribution is 5.52. The van der Waals surface area contributed by atoms with E-state index in [9.17, 15) is 0 Å². The van der Waals surface area contributed by atoms with Crippen molar-refractivity contribution in [3.63, 3.8) is 0 Å². The molecule has 4 aromatic heterocycles. The second-order valence-corrected chi connectivity index (χ2v) is 4.91. The number of anilines is 2. The second kappa shape index (κ2) is 5.91. The van der Waals surface area contributed by atoms with Gasteiger partial charge in [-0.25, -0.2) is 9.97 Å². The van der Waals surface area contributed by atoms with Gasteiger partial charge in [0, 0.05) is 24.9 Å². The van der Waals surface area contributed by atoms with Crippen molar-refractivity contribution >= 4 is 17.7 Å². The van der Waals surface area contributed by atoms with Crippen molar-refractivity contribution in [2.24, 2.45) is 0 Å². The highest BCUT2D eigenvalue weighted by atomic mass is 16.3. The van der Waals surface area contributed by atoms with Gasteiger partial charge < -0.3 is 15.5 Å². The van der Waals surface area contributed by atoms with Crippen LogP contribution in [0.3, 0.4) is 0 Å². The topological polar surface area (TPSA) is 133 Å². The van der Waals surface area contributed by atoms with E-state index in [0.29, 0.717) is 36.3 Å². The monoisotopic (exact) mass is 323 g/mol. The maximum Gasteiger partial charge on any atom is 0.259 e. The number of aromatic nitrogens is 7. The van der Waals surface area contributed by atoms with Crippen LogP contribution in [0.1, 0.15) is 5.69 Å². The zero-order valence-electron chi connectivity index (χ0n) is 12.5. The molecular weight excluding hydrogens is 310 g/mol. The molecule has 0 aromatic carbocycles. The summed E-state index contributed by atoms with van der Waals surface area (Å²) in [4.78, 5) is 20.8. The number of nitrogens with two attached hydrogens (primary N) is 1. The smallest absolute Gasteiger partial charge is 0.259 e. The second-order valence-electron chi connectivity index (χ2n) is 4.91. The molecule has 0 saturated carbocycles. The fourth-order valence-corrected chi connectivity index (χ4v) is 2.16. The summed E-state index contributed by atoms with van der Waals surface area (Å²) in [6.07, 6.45) is 5.48. The van der Waals surface area contributed by atoms with E-state index in [0.717, 1.165) is 5.69 Å². The Labute approximate surface area is 135 Å². The number of nitrogens with one attached hydrogen (secondary N) is 1. The Balaban J connectivity index is 1.54. The van der Waals surface area contributed by atoms with E-state index in [1.165, 1.54) is 10.8 Å². The molecule has 10 heteroatoms. The number of hydrogen-bond acceptors (Lipinski definition) is 9. The summed E-state index contributed by atoms with van der Waals surface area (Å²) in [5, 5.41) is 7.34. The van der Waals surface area contributed by atoms with Crippen molar-refractivity contribution in [1.29, 1.82) is 0 Å². The van der Waals surface area contributed by atoms with Gasteiger partial charge in [-0.15, -0.1) is 5.10 Å². The molecule has 120 valence electrons. The molecule has 4 aromatic rings. The fraction of sp³-hybridized carbons (Fsp3) is 0.143. The average Bonchev–Trinajstić information content (AvgIpc) is 3.25. The number of nitrogen functional groups attached to an aromatic ring is 1. The van der Waals surface area contributed by atoms with Crippen molar-refractivity contribution in [2.45, 2.75) is 6.42 Å². The van der Waals surface area contributed by atoms with Crippen molar-refractivity contribution < 1.29 is 4.42 Å². The maximum absolute atomic E-state index is 5.92. The fourth-order valence-electron chi connectivity index (χ4n) is 2.16.